The van der Waals surface area contributed by atoms with Gasteiger partial charge in [0, 0.05) is 31.4 Å². The van der Waals surface area contributed by atoms with Gasteiger partial charge in [-0.05, 0) is 32.4 Å². The van der Waals surface area contributed by atoms with Crippen LogP contribution in [0.1, 0.15) is 37.6 Å². The third-order valence-corrected chi connectivity index (χ3v) is 5.89. The van der Waals surface area contributed by atoms with Crippen LogP contribution in [0.5, 0.6) is 0 Å². The fourth-order valence-corrected chi connectivity index (χ4v) is 3.95. The number of anilines is 1. The Bertz CT molecular complexity index is 1450. The highest BCUT2D eigenvalue weighted by molar-refractivity contribution is 5.98. The Labute approximate surface area is 214 Å². The average Bonchev–Trinajstić information content (AvgIpc) is 3.27. The summed E-state index contributed by atoms with van der Waals surface area (Å²) in [6.07, 6.45) is 1.22. The Hall–Kier alpha value is -4.00. The van der Waals surface area contributed by atoms with Crippen molar-refractivity contribution in [2.45, 2.75) is 39.1 Å². The van der Waals surface area contributed by atoms with E-state index in [-0.39, 0.29) is 30.0 Å². The number of ether oxygens (including phenoxy) is 1. The van der Waals surface area contributed by atoms with Crippen LogP contribution in [0.3, 0.4) is 0 Å². The van der Waals surface area contributed by atoms with Crippen LogP contribution in [0, 0.1) is 17.5 Å². The quantitative estimate of drug-likeness (QED) is 0.429. The van der Waals surface area contributed by atoms with Gasteiger partial charge in [0.05, 0.1) is 18.0 Å². The van der Waals surface area contributed by atoms with Crippen molar-refractivity contribution in [1.29, 1.82) is 0 Å². The fourth-order valence-electron chi connectivity index (χ4n) is 3.95. The largest absolute Gasteiger partial charge is 0.347 e. The Kier molecular flexibility index (Phi) is 7.40. The maximum atomic E-state index is 14.9. The number of rotatable bonds is 8. The first kappa shape index (κ1) is 27.0. The number of alkyl halides is 1. The van der Waals surface area contributed by atoms with Crippen molar-refractivity contribution in [2.75, 3.05) is 24.6 Å². The van der Waals surface area contributed by atoms with Crippen LogP contribution in [0.15, 0.2) is 35.3 Å². The molecule has 1 aliphatic heterocycles. The molecule has 0 saturated carbocycles. The number of nitrogens with one attached hydrogen (secondary N) is 2. The molecule has 4 rings (SSSR count). The second-order valence-corrected chi connectivity index (χ2v) is 9.14. The minimum Gasteiger partial charge on any atom is -0.347 e. The predicted molar refractivity (Wildman–Crippen MR) is 131 cm³/mol. The molecule has 13 heteroatoms. The van der Waals surface area contributed by atoms with E-state index in [1.807, 2.05) is 0 Å². The van der Waals surface area contributed by atoms with Crippen LogP contribution in [0.4, 0.5) is 28.2 Å². The van der Waals surface area contributed by atoms with E-state index < -0.39 is 58.0 Å². The summed E-state index contributed by atoms with van der Waals surface area (Å²) in [5.74, 6) is -6.55. The number of aromatic nitrogens is 2. The molecule has 1 fully saturated rings. The van der Waals surface area contributed by atoms with Gasteiger partial charge in [-0.1, -0.05) is 6.92 Å². The molecule has 38 heavy (non-hydrogen) atoms. The van der Waals surface area contributed by atoms with Gasteiger partial charge in [-0.25, -0.2) is 27.3 Å². The molecule has 3 amide bonds. The summed E-state index contributed by atoms with van der Waals surface area (Å²) in [7, 11) is 0. The summed E-state index contributed by atoms with van der Waals surface area (Å²) < 4.78 is 63.1. The number of urea groups is 1. The molecule has 1 aromatic carbocycles. The van der Waals surface area contributed by atoms with Crippen LogP contribution in [-0.2, 0) is 4.74 Å². The van der Waals surface area contributed by atoms with Crippen LogP contribution < -0.4 is 21.0 Å². The average molecular weight is 535 g/mol. The molecular formula is C25H25F4N5O4. The normalized spacial score (nSPS) is 14.6. The molecule has 1 unspecified atom stereocenters. The fraction of sp³-hybridized carbons (Fsp3) is 0.360. The molecule has 0 spiro atoms. The van der Waals surface area contributed by atoms with Crippen LogP contribution in [0.25, 0.3) is 16.7 Å². The second-order valence-electron chi connectivity index (χ2n) is 9.14. The summed E-state index contributed by atoms with van der Waals surface area (Å²) in [6, 6.07) is 2.40. The van der Waals surface area contributed by atoms with Crippen molar-refractivity contribution in [2.24, 2.45) is 0 Å². The molecule has 1 saturated heterocycles. The lowest BCUT2D eigenvalue weighted by molar-refractivity contribution is -0.121. The molecule has 2 aromatic heterocycles. The Morgan fingerprint density at radius 1 is 1.21 bits per heavy atom. The first-order valence-corrected chi connectivity index (χ1v) is 11.8. The minimum absolute atomic E-state index is 0.0952. The molecule has 9 nitrogen and oxygen atoms in total. The van der Waals surface area contributed by atoms with Gasteiger partial charge in [0.2, 0.25) is 11.3 Å². The molecule has 1 aliphatic rings. The number of halogens is 4. The van der Waals surface area contributed by atoms with E-state index in [1.54, 1.807) is 6.92 Å². The number of fused-ring (bicyclic) bond motifs is 1. The van der Waals surface area contributed by atoms with Gasteiger partial charge in [-0.3, -0.25) is 19.1 Å². The topological polar surface area (TPSA) is 106 Å². The van der Waals surface area contributed by atoms with E-state index in [0.717, 1.165) is 10.8 Å². The molecule has 0 aliphatic carbocycles. The van der Waals surface area contributed by atoms with Gasteiger partial charge >= 0.3 is 6.03 Å². The van der Waals surface area contributed by atoms with Gasteiger partial charge in [0.25, 0.3) is 5.91 Å². The number of carbonyl (C=O) groups is 2. The number of carbonyl (C=O) groups excluding carboxylic acids is 2. The third-order valence-electron chi connectivity index (χ3n) is 5.89. The van der Waals surface area contributed by atoms with E-state index in [0.29, 0.717) is 25.1 Å². The number of pyridine rings is 2. The van der Waals surface area contributed by atoms with E-state index in [4.69, 9.17) is 4.74 Å². The first-order valence-electron chi connectivity index (χ1n) is 11.8. The maximum Gasteiger partial charge on any atom is 0.323 e. The van der Waals surface area contributed by atoms with Gasteiger partial charge in [0.15, 0.2) is 17.3 Å². The lowest BCUT2D eigenvalue weighted by atomic mass is 10.1. The number of hydrogen-bond acceptors (Lipinski definition) is 5. The minimum atomic E-state index is -1.96. The van der Waals surface area contributed by atoms with E-state index >= 15 is 0 Å². The van der Waals surface area contributed by atoms with Crippen molar-refractivity contribution < 1.29 is 31.9 Å². The summed E-state index contributed by atoms with van der Waals surface area (Å²) in [6.45, 7) is 4.51. The summed E-state index contributed by atoms with van der Waals surface area (Å²) in [5, 5.41) is 4.98. The highest BCUT2D eigenvalue weighted by Gasteiger charge is 2.27. The van der Waals surface area contributed by atoms with E-state index in [2.05, 4.69) is 15.6 Å². The Morgan fingerprint density at radius 3 is 2.47 bits per heavy atom. The zero-order valence-corrected chi connectivity index (χ0v) is 20.8. The zero-order chi connectivity index (χ0) is 27.8. The second kappa shape index (κ2) is 10.4. The molecule has 3 aromatic rings. The maximum absolute atomic E-state index is 14.9. The molecule has 0 bridgehead atoms. The van der Waals surface area contributed by atoms with Crippen LogP contribution in [0.2, 0.25) is 0 Å². The monoisotopic (exact) mass is 535 g/mol. The van der Waals surface area contributed by atoms with Crippen molar-refractivity contribution in [3.63, 3.8) is 0 Å². The molecule has 1 atom stereocenters. The third kappa shape index (κ3) is 5.47. The van der Waals surface area contributed by atoms with Crippen molar-refractivity contribution >= 4 is 28.8 Å². The van der Waals surface area contributed by atoms with E-state index in [9.17, 15) is 31.9 Å². The summed E-state index contributed by atoms with van der Waals surface area (Å²) >= 11 is 0. The van der Waals surface area contributed by atoms with Gasteiger partial charge in [-0.15, -0.1) is 0 Å². The van der Waals surface area contributed by atoms with Gasteiger partial charge < -0.3 is 15.4 Å². The standard InChI is InChI=1S/C25H25F4N5O4/c1-4-14(12-38-25(2,3)29)31-23(36)16-11-34(20-17(27)9-13(26)10-18(20)28)22-15(21(16)35)5-6-19(32-22)33-8-7-30-24(33)37/h5-6,9-11,14H,4,7-8,12H2,1-3H3,(H,30,37)(H,31,36). The van der Waals surface area contributed by atoms with Gasteiger partial charge in [0.1, 0.15) is 22.9 Å². The Balaban J connectivity index is 1.87. The number of amides is 3. The summed E-state index contributed by atoms with van der Waals surface area (Å²) in [4.78, 5) is 44.1. The zero-order valence-electron chi connectivity index (χ0n) is 20.8. The molecule has 2 N–H and O–H groups in total. The lowest BCUT2D eigenvalue weighted by Gasteiger charge is -2.22. The highest BCUT2D eigenvalue weighted by Crippen LogP contribution is 2.25. The van der Waals surface area contributed by atoms with Crippen LogP contribution >= 0.6 is 0 Å². The van der Waals surface area contributed by atoms with Gasteiger partial charge in [-0.2, -0.15) is 0 Å². The first-order chi connectivity index (χ1) is 17.9. The number of benzene rings is 1. The molecule has 0 radical (unpaired) electrons. The van der Waals surface area contributed by atoms with Crippen molar-refractivity contribution in [3.8, 4) is 5.69 Å². The Morgan fingerprint density at radius 2 is 1.89 bits per heavy atom. The van der Waals surface area contributed by atoms with Crippen molar-refractivity contribution in [1.82, 2.24) is 20.2 Å². The lowest BCUT2D eigenvalue weighted by Crippen LogP contribution is -2.41. The van der Waals surface area contributed by atoms with Crippen molar-refractivity contribution in [3.05, 3.63) is 63.7 Å². The molecular weight excluding hydrogens is 510 g/mol. The predicted octanol–water partition coefficient (Wildman–Crippen LogP) is 3.56. The number of nitrogens with zero attached hydrogens (tertiary/aromatic N) is 3. The highest BCUT2D eigenvalue weighted by atomic mass is 19.2. The van der Waals surface area contributed by atoms with Crippen LogP contribution in [-0.4, -0.2) is 53.1 Å². The summed E-state index contributed by atoms with van der Waals surface area (Å²) in [5.41, 5.74) is -2.34. The number of hydrogen-bond donors (Lipinski definition) is 2. The molecule has 202 valence electrons. The molecule has 3 heterocycles. The smallest absolute Gasteiger partial charge is 0.323 e. The van der Waals surface area contributed by atoms with E-state index in [1.165, 1.54) is 30.9 Å². The SMILES string of the molecule is CCC(COC(C)(C)F)NC(=O)c1cn(-c2c(F)cc(F)cc2F)c2nc(N3CCNC3=O)ccc2c1=O.